The summed E-state index contributed by atoms with van der Waals surface area (Å²) in [6.45, 7) is 1.41. The van der Waals surface area contributed by atoms with Gasteiger partial charge in [0.2, 0.25) is 10.0 Å². The predicted octanol–water partition coefficient (Wildman–Crippen LogP) is 0.779. The summed E-state index contributed by atoms with van der Waals surface area (Å²) in [7, 11) is -3.63. The van der Waals surface area contributed by atoms with Crippen LogP contribution in [0.1, 0.15) is 20.5 Å². The molecule has 150 valence electrons. The maximum absolute atomic E-state index is 13.2. The van der Waals surface area contributed by atoms with Crippen molar-refractivity contribution in [2.24, 2.45) is 0 Å². The van der Waals surface area contributed by atoms with Crippen molar-refractivity contribution in [2.75, 3.05) is 37.7 Å². The molecule has 1 unspecified atom stereocenters. The van der Waals surface area contributed by atoms with Gasteiger partial charge in [-0.15, -0.1) is 0 Å². The normalized spacial score (nSPS) is 20.3. The first-order chi connectivity index (χ1) is 13.5. The van der Waals surface area contributed by atoms with Crippen molar-refractivity contribution in [1.82, 2.24) is 14.8 Å². The molecule has 3 heterocycles. The summed E-state index contributed by atoms with van der Waals surface area (Å²) in [6.07, 6.45) is 1.38. The molecule has 2 aliphatic heterocycles. The number of fused-ring (bicyclic) bond motifs is 1. The van der Waals surface area contributed by atoms with E-state index < -0.39 is 21.2 Å². The van der Waals surface area contributed by atoms with Crippen molar-refractivity contribution in [3.63, 3.8) is 0 Å². The SMILES string of the molecule is O=C(NO)c1cnc(N2CCN(S(=O)(=O)C3COOc4ccccc43)CC2)s1. The fourth-order valence-electron chi connectivity index (χ4n) is 3.20. The average molecular weight is 426 g/mol. The van der Waals surface area contributed by atoms with Crippen LogP contribution in [0.2, 0.25) is 0 Å². The molecule has 0 saturated carbocycles. The van der Waals surface area contributed by atoms with E-state index in [0.717, 1.165) is 11.3 Å². The molecule has 0 spiro atoms. The lowest BCUT2D eigenvalue weighted by molar-refractivity contribution is -0.216. The largest absolute Gasteiger partial charge is 0.345 e. The van der Waals surface area contributed by atoms with Crippen LogP contribution in [0.25, 0.3) is 0 Å². The summed E-state index contributed by atoms with van der Waals surface area (Å²) in [5, 5.41) is 8.49. The van der Waals surface area contributed by atoms with Crippen molar-refractivity contribution in [2.45, 2.75) is 5.25 Å². The highest BCUT2D eigenvalue weighted by Gasteiger charge is 2.39. The molecule has 2 N–H and O–H groups in total. The molecule has 10 nitrogen and oxygen atoms in total. The van der Waals surface area contributed by atoms with Crippen molar-refractivity contribution in [1.29, 1.82) is 0 Å². The van der Waals surface area contributed by atoms with Crippen molar-refractivity contribution in [3.8, 4) is 5.75 Å². The van der Waals surface area contributed by atoms with Gasteiger partial charge in [0.1, 0.15) is 16.7 Å². The quantitative estimate of drug-likeness (QED) is 0.418. The zero-order valence-corrected chi connectivity index (χ0v) is 16.3. The van der Waals surface area contributed by atoms with Gasteiger partial charge < -0.3 is 9.79 Å². The van der Waals surface area contributed by atoms with Gasteiger partial charge in [0.15, 0.2) is 10.9 Å². The third kappa shape index (κ3) is 3.44. The topological polar surface area (TPSA) is 121 Å². The molecule has 0 radical (unpaired) electrons. The van der Waals surface area contributed by atoms with Crippen LogP contribution in [-0.4, -0.2) is 61.6 Å². The highest BCUT2D eigenvalue weighted by atomic mass is 32.2. The molecule has 1 aromatic heterocycles. The van der Waals surface area contributed by atoms with Crippen LogP contribution in [0.3, 0.4) is 0 Å². The summed E-state index contributed by atoms with van der Waals surface area (Å²) in [5.74, 6) is -0.207. The van der Waals surface area contributed by atoms with Gasteiger partial charge >= 0.3 is 0 Å². The third-order valence-electron chi connectivity index (χ3n) is 4.68. The van der Waals surface area contributed by atoms with E-state index in [2.05, 4.69) is 4.98 Å². The Bertz CT molecular complexity index is 971. The molecule has 1 amide bonds. The number of amides is 1. The Kier molecular flexibility index (Phi) is 5.21. The molecule has 28 heavy (non-hydrogen) atoms. The highest BCUT2D eigenvalue weighted by Crippen LogP contribution is 2.36. The van der Waals surface area contributed by atoms with Gasteiger partial charge in [-0.1, -0.05) is 29.5 Å². The second-order valence-electron chi connectivity index (χ2n) is 6.27. The average Bonchev–Trinajstić information content (AvgIpc) is 3.23. The molecule has 0 aliphatic carbocycles. The molecule has 2 aromatic rings. The molecule has 12 heteroatoms. The minimum Gasteiger partial charge on any atom is -0.345 e. The number of piperazine rings is 1. The highest BCUT2D eigenvalue weighted by molar-refractivity contribution is 7.89. The number of nitrogens with one attached hydrogen (secondary N) is 1. The number of benzene rings is 1. The standard InChI is InChI=1S/C16H18N4O6S2/c21-15(18-22)13-9-17-16(27-13)19-5-7-20(8-6-19)28(23,24)14-10-25-26-12-4-2-1-3-11(12)14/h1-4,9,14,22H,5-8,10H2,(H,18,21). The van der Waals surface area contributed by atoms with Crippen molar-refractivity contribution in [3.05, 3.63) is 40.9 Å². The number of nitrogens with zero attached hydrogens (tertiary/aromatic N) is 3. The van der Waals surface area contributed by atoms with Crippen molar-refractivity contribution >= 4 is 32.4 Å². The maximum atomic E-state index is 13.2. The van der Waals surface area contributed by atoms with Crippen LogP contribution in [0.5, 0.6) is 5.75 Å². The third-order valence-corrected chi connectivity index (χ3v) is 7.93. The number of hydrogen-bond donors (Lipinski definition) is 2. The van der Waals surface area contributed by atoms with Gasteiger partial charge in [-0.05, 0) is 6.07 Å². The lowest BCUT2D eigenvalue weighted by Crippen LogP contribution is -2.50. The molecular formula is C16H18N4O6S2. The van der Waals surface area contributed by atoms with Crippen LogP contribution in [0.15, 0.2) is 30.5 Å². The zero-order chi connectivity index (χ0) is 19.7. The van der Waals surface area contributed by atoms with E-state index in [9.17, 15) is 13.2 Å². The van der Waals surface area contributed by atoms with E-state index in [1.54, 1.807) is 29.7 Å². The fourth-order valence-corrected chi connectivity index (χ4v) is 5.84. The Morgan fingerprint density at radius 2 is 2.00 bits per heavy atom. The van der Waals surface area contributed by atoms with Gasteiger partial charge in [-0.25, -0.2) is 18.9 Å². The number of para-hydroxylation sites is 1. The van der Waals surface area contributed by atoms with E-state index in [0.29, 0.717) is 42.6 Å². The summed E-state index contributed by atoms with van der Waals surface area (Å²) >= 11 is 1.14. The van der Waals surface area contributed by atoms with Crippen LogP contribution in [-0.2, 0) is 14.9 Å². The van der Waals surface area contributed by atoms with Crippen LogP contribution >= 0.6 is 11.3 Å². The molecule has 1 fully saturated rings. The summed E-state index contributed by atoms with van der Waals surface area (Å²) in [6, 6.07) is 6.95. The Labute approximate surface area is 165 Å². The Morgan fingerprint density at radius 1 is 1.25 bits per heavy atom. The molecule has 1 atom stereocenters. The monoisotopic (exact) mass is 426 g/mol. The molecule has 0 bridgehead atoms. The number of hydrogen-bond acceptors (Lipinski definition) is 9. The Hall–Kier alpha value is -2.25. The minimum absolute atomic E-state index is 0.0638. The van der Waals surface area contributed by atoms with E-state index in [4.69, 9.17) is 15.0 Å². The Balaban J connectivity index is 1.46. The summed E-state index contributed by atoms with van der Waals surface area (Å²) in [5.41, 5.74) is 2.17. The Morgan fingerprint density at radius 3 is 2.75 bits per heavy atom. The number of rotatable bonds is 4. The van der Waals surface area contributed by atoms with Gasteiger partial charge in [0.25, 0.3) is 5.91 Å². The molecule has 4 rings (SSSR count). The maximum Gasteiger partial charge on any atom is 0.286 e. The van der Waals surface area contributed by atoms with Gasteiger partial charge in [0, 0.05) is 31.7 Å². The molecular weight excluding hydrogens is 408 g/mol. The van der Waals surface area contributed by atoms with Crippen LogP contribution in [0.4, 0.5) is 5.13 Å². The molecule has 1 aromatic carbocycles. The smallest absolute Gasteiger partial charge is 0.286 e. The number of sulfonamides is 1. The van der Waals surface area contributed by atoms with Crippen LogP contribution < -0.4 is 15.3 Å². The number of carbonyl (C=O) groups is 1. The number of carbonyl (C=O) groups excluding carboxylic acids is 1. The lowest BCUT2D eigenvalue weighted by Gasteiger charge is -2.36. The van der Waals surface area contributed by atoms with Gasteiger partial charge in [-0.2, -0.15) is 9.19 Å². The number of hydroxylamine groups is 1. The van der Waals surface area contributed by atoms with Gasteiger partial charge in [-0.3, -0.25) is 10.0 Å². The number of thiazole rings is 1. The van der Waals surface area contributed by atoms with E-state index in [1.807, 2.05) is 4.90 Å². The number of aromatic nitrogens is 1. The zero-order valence-electron chi connectivity index (χ0n) is 14.6. The molecule has 1 saturated heterocycles. The summed E-state index contributed by atoms with van der Waals surface area (Å²) in [4.78, 5) is 28.0. The molecule has 2 aliphatic rings. The first kappa shape index (κ1) is 19.1. The van der Waals surface area contributed by atoms with E-state index in [1.165, 1.54) is 10.5 Å². The first-order valence-corrected chi connectivity index (χ1v) is 10.9. The lowest BCUT2D eigenvalue weighted by atomic mass is 10.1. The first-order valence-electron chi connectivity index (χ1n) is 8.53. The van der Waals surface area contributed by atoms with Gasteiger partial charge in [0.05, 0.1) is 6.20 Å². The van der Waals surface area contributed by atoms with E-state index >= 15 is 0 Å². The number of anilines is 1. The second kappa shape index (κ2) is 7.64. The fraction of sp³-hybridized carbons (Fsp3) is 0.375. The van der Waals surface area contributed by atoms with E-state index in [-0.39, 0.29) is 11.5 Å². The predicted molar refractivity (Wildman–Crippen MR) is 99.8 cm³/mol. The summed E-state index contributed by atoms with van der Waals surface area (Å²) < 4.78 is 27.8. The minimum atomic E-state index is -3.63. The van der Waals surface area contributed by atoms with Crippen LogP contribution in [0, 0.1) is 0 Å². The second-order valence-corrected chi connectivity index (χ2v) is 9.40. The van der Waals surface area contributed by atoms with Crippen molar-refractivity contribution < 1.29 is 28.2 Å².